The van der Waals surface area contributed by atoms with Crippen LogP contribution >= 0.6 is 11.8 Å². The number of rotatable bonds is 5. The molecular formula is C61H40N2S. The van der Waals surface area contributed by atoms with E-state index in [1.807, 2.05) is 11.8 Å². The molecule has 1 aromatic heterocycles. The smallest absolute Gasteiger partial charge is 0.0726 e. The maximum absolute atomic E-state index is 2.58. The van der Waals surface area contributed by atoms with E-state index in [-0.39, 0.29) is 0 Å². The monoisotopic (exact) mass is 832 g/mol. The molecular weight excluding hydrogens is 793 g/mol. The standard InChI is InChI=1S/C61H40N2S/c1-2-19-40(20-3-1)62-53-33-12-7-26-48(53)59-55(62)35-17-36-56(59)63(41-21-14-18-39(38-41)42-27-15-28-46-45-24-8-13-37-57(45)64-60(42)46)54-34-16-32-52-58(54)47-25-6-11-31-51(47)61(52)49-29-9-4-22-43(49)44-23-5-10-30-50(44)61/h1-23,25-38,45H,24H2. The molecule has 0 N–H and O–H groups in total. The van der Waals surface area contributed by atoms with Crippen LogP contribution < -0.4 is 4.90 Å². The lowest BCUT2D eigenvalue weighted by molar-refractivity contribution is 0.794. The van der Waals surface area contributed by atoms with Gasteiger partial charge < -0.3 is 9.47 Å². The van der Waals surface area contributed by atoms with Crippen molar-refractivity contribution in [2.45, 2.75) is 22.6 Å². The van der Waals surface area contributed by atoms with E-state index in [0.29, 0.717) is 5.92 Å². The first-order valence-corrected chi connectivity index (χ1v) is 23.2. The predicted octanol–water partition coefficient (Wildman–Crippen LogP) is 16.3. The van der Waals surface area contributed by atoms with E-state index in [1.165, 1.54) is 98.5 Å². The van der Waals surface area contributed by atoms with Crippen LogP contribution in [0.3, 0.4) is 0 Å². The van der Waals surface area contributed by atoms with E-state index in [1.54, 1.807) is 0 Å². The summed E-state index contributed by atoms with van der Waals surface area (Å²) in [6.07, 6.45) is 7.91. The summed E-state index contributed by atoms with van der Waals surface area (Å²) in [5.74, 6) is 0.439. The molecule has 0 bridgehead atoms. The van der Waals surface area contributed by atoms with Gasteiger partial charge in [-0.1, -0.05) is 188 Å². The van der Waals surface area contributed by atoms with Crippen LogP contribution in [0.25, 0.3) is 60.9 Å². The van der Waals surface area contributed by atoms with Gasteiger partial charge in [0, 0.05) is 38.5 Å². The Balaban J connectivity index is 1.07. The minimum Gasteiger partial charge on any atom is -0.309 e. The molecule has 0 fully saturated rings. The Kier molecular flexibility index (Phi) is 7.70. The first kappa shape index (κ1) is 35.9. The van der Waals surface area contributed by atoms with E-state index in [4.69, 9.17) is 0 Å². The molecule has 300 valence electrons. The maximum atomic E-state index is 2.58. The molecule has 1 unspecified atom stereocenters. The molecule has 2 nitrogen and oxygen atoms in total. The first-order chi connectivity index (χ1) is 31.8. The van der Waals surface area contributed by atoms with Crippen LogP contribution in [-0.2, 0) is 5.41 Å². The lowest BCUT2D eigenvalue weighted by Gasteiger charge is -2.32. The number of allylic oxidation sites excluding steroid dienone is 4. The number of anilines is 3. The Morgan fingerprint density at radius 3 is 1.97 bits per heavy atom. The molecule has 4 aliphatic rings. The van der Waals surface area contributed by atoms with Gasteiger partial charge in [0.15, 0.2) is 0 Å². The molecule has 9 aromatic carbocycles. The number of benzene rings is 9. The lowest BCUT2D eigenvalue weighted by Crippen LogP contribution is -2.26. The van der Waals surface area contributed by atoms with Gasteiger partial charge >= 0.3 is 0 Å². The van der Waals surface area contributed by atoms with Gasteiger partial charge in [0.2, 0.25) is 0 Å². The van der Waals surface area contributed by atoms with Crippen molar-refractivity contribution in [1.82, 2.24) is 4.57 Å². The number of hydrogen-bond donors (Lipinski definition) is 0. The second-order valence-corrected chi connectivity index (χ2v) is 18.5. The minimum absolute atomic E-state index is 0.439. The summed E-state index contributed by atoms with van der Waals surface area (Å²) in [4.78, 5) is 5.42. The van der Waals surface area contributed by atoms with Crippen molar-refractivity contribution in [2.24, 2.45) is 0 Å². The summed E-state index contributed by atoms with van der Waals surface area (Å²) in [6.45, 7) is 0. The summed E-state index contributed by atoms with van der Waals surface area (Å²) >= 11 is 1.95. The van der Waals surface area contributed by atoms with Crippen LogP contribution in [0.5, 0.6) is 0 Å². The number of hydrogen-bond acceptors (Lipinski definition) is 2. The summed E-state index contributed by atoms with van der Waals surface area (Å²) < 4.78 is 2.43. The van der Waals surface area contributed by atoms with Crippen molar-refractivity contribution in [3.05, 3.63) is 257 Å². The Bertz CT molecular complexity index is 3600. The number of aromatic nitrogens is 1. The first-order valence-electron chi connectivity index (χ1n) is 22.4. The van der Waals surface area contributed by atoms with Crippen LogP contribution in [0.15, 0.2) is 234 Å². The fourth-order valence-corrected chi connectivity index (χ4v) is 13.2. The van der Waals surface area contributed by atoms with E-state index in [0.717, 1.165) is 23.5 Å². The molecule has 1 spiro atoms. The fourth-order valence-electron chi connectivity index (χ4n) is 11.9. The zero-order chi connectivity index (χ0) is 41.9. The van der Waals surface area contributed by atoms with E-state index in [2.05, 4.69) is 234 Å². The third-order valence-corrected chi connectivity index (χ3v) is 15.7. The quantitative estimate of drug-likeness (QED) is 0.171. The van der Waals surface area contributed by atoms with Crippen molar-refractivity contribution in [3.63, 3.8) is 0 Å². The molecule has 3 aliphatic carbocycles. The van der Waals surface area contributed by atoms with Gasteiger partial charge in [-0.15, -0.1) is 0 Å². The van der Waals surface area contributed by atoms with Crippen molar-refractivity contribution < 1.29 is 0 Å². The van der Waals surface area contributed by atoms with Crippen LogP contribution in [-0.4, -0.2) is 4.57 Å². The lowest BCUT2D eigenvalue weighted by atomic mass is 9.70. The third kappa shape index (κ3) is 4.82. The molecule has 0 radical (unpaired) electrons. The van der Waals surface area contributed by atoms with Crippen LogP contribution in [0.2, 0.25) is 0 Å². The average Bonchev–Trinajstić information content (AvgIpc) is 4.09. The highest BCUT2D eigenvalue weighted by Gasteiger charge is 2.52. The highest BCUT2D eigenvalue weighted by Crippen LogP contribution is 2.65. The zero-order valence-corrected chi connectivity index (χ0v) is 35.8. The van der Waals surface area contributed by atoms with Gasteiger partial charge in [0.1, 0.15) is 0 Å². The van der Waals surface area contributed by atoms with Crippen molar-refractivity contribution in [2.75, 3.05) is 4.90 Å². The molecule has 1 aliphatic heterocycles. The number of thioether (sulfide) groups is 1. The molecule has 0 amide bonds. The van der Waals surface area contributed by atoms with Crippen LogP contribution in [0.4, 0.5) is 17.1 Å². The van der Waals surface area contributed by atoms with Crippen LogP contribution in [0.1, 0.15) is 40.2 Å². The van der Waals surface area contributed by atoms with Gasteiger partial charge in [-0.25, -0.2) is 0 Å². The van der Waals surface area contributed by atoms with Gasteiger partial charge in [-0.3, -0.25) is 0 Å². The number of para-hydroxylation sites is 2. The van der Waals surface area contributed by atoms with Gasteiger partial charge in [0.05, 0.1) is 27.8 Å². The van der Waals surface area contributed by atoms with E-state index >= 15 is 0 Å². The highest BCUT2D eigenvalue weighted by molar-refractivity contribution is 8.03. The molecule has 1 atom stereocenters. The summed E-state index contributed by atoms with van der Waals surface area (Å²) in [5.41, 5.74) is 21.0. The Morgan fingerprint density at radius 1 is 0.516 bits per heavy atom. The summed E-state index contributed by atoms with van der Waals surface area (Å²) in [5, 5.41) is 2.45. The Morgan fingerprint density at radius 2 is 1.14 bits per heavy atom. The molecule has 2 heterocycles. The second kappa shape index (κ2) is 13.7. The van der Waals surface area contributed by atoms with Gasteiger partial charge in [-0.05, 0) is 115 Å². The van der Waals surface area contributed by atoms with Crippen molar-refractivity contribution in [1.29, 1.82) is 0 Å². The SMILES string of the molecule is C1=CCC2C(=C1)Sc1c(-c3cccc(N(c4cccc5c4-c4ccccc4C54c5ccccc5-c5ccccc54)c4cccc5c4c4ccccc4n5-c4ccccc4)c3)cccc12. The van der Waals surface area contributed by atoms with E-state index < -0.39 is 5.41 Å². The highest BCUT2D eigenvalue weighted by atomic mass is 32.2. The molecule has 0 saturated carbocycles. The fraction of sp³-hybridized carbons (Fsp3) is 0.0492. The Labute approximate surface area is 377 Å². The largest absolute Gasteiger partial charge is 0.309 e. The number of nitrogens with zero attached hydrogens (tertiary/aromatic N) is 2. The zero-order valence-electron chi connectivity index (χ0n) is 34.9. The summed E-state index contributed by atoms with van der Waals surface area (Å²) in [6, 6.07) is 77.3. The van der Waals surface area contributed by atoms with Crippen molar-refractivity contribution >= 4 is 50.6 Å². The second-order valence-electron chi connectivity index (χ2n) is 17.4. The van der Waals surface area contributed by atoms with E-state index in [9.17, 15) is 0 Å². The van der Waals surface area contributed by atoms with Gasteiger partial charge in [0.25, 0.3) is 0 Å². The molecule has 14 rings (SSSR count). The molecule has 0 saturated heterocycles. The number of fused-ring (bicyclic) bond motifs is 16. The Hall–Kier alpha value is -7.59. The molecule has 3 heteroatoms. The maximum Gasteiger partial charge on any atom is 0.0726 e. The molecule has 10 aromatic rings. The van der Waals surface area contributed by atoms with Gasteiger partial charge in [-0.2, -0.15) is 0 Å². The third-order valence-electron chi connectivity index (χ3n) is 14.3. The molecule has 64 heavy (non-hydrogen) atoms. The summed E-state index contributed by atoms with van der Waals surface area (Å²) in [7, 11) is 0. The minimum atomic E-state index is -0.458. The average molecular weight is 833 g/mol. The van der Waals surface area contributed by atoms with Crippen LogP contribution in [0, 0.1) is 0 Å². The van der Waals surface area contributed by atoms with Crippen molar-refractivity contribution in [3.8, 4) is 39.1 Å². The normalized spacial score (nSPS) is 15.7. The topological polar surface area (TPSA) is 8.17 Å². The predicted molar refractivity (Wildman–Crippen MR) is 268 cm³/mol.